The lowest BCUT2D eigenvalue weighted by molar-refractivity contribution is 0.126. The Morgan fingerprint density at radius 1 is 1.15 bits per heavy atom. The molecule has 20 heavy (non-hydrogen) atoms. The zero-order chi connectivity index (χ0) is 14.8. The smallest absolute Gasteiger partial charge is 0.160 e. The van der Waals surface area contributed by atoms with Crippen molar-refractivity contribution in [3.05, 3.63) is 0 Å². The molecular weight excluding hydrogens is 274 g/mol. The minimum absolute atomic E-state index is 0.129. The lowest BCUT2D eigenvalue weighted by Gasteiger charge is -2.37. The second-order valence-corrected chi connectivity index (χ2v) is 8.90. The third kappa shape index (κ3) is 3.37. The van der Waals surface area contributed by atoms with E-state index >= 15 is 0 Å². The van der Waals surface area contributed by atoms with Gasteiger partial charge in [-0.15, -0.1) is 0 Å². The van der Waals surface area contributed by atoms with Crippen LogP contribution in [-0.4, -0.2) is 44.2 Å². The molecule has 2 aliphatic rings. The minimum Gasteiger partial charge on any atom is -0.377 e. The fourth-order valence-corrected chi connectivity index (χ4v) is 6.40. The van der Waals surface area contributed by atoms with E-state index in [1.54, 1.807) is 0 Å². The molecule has 5 atom stereocenters. The minimum atomic E-state index is -3.11. The van der Waals surface area contributed by atoms with Gasteiger partial charge >= 0.3 is 0 Å². The first kappa shape index (κ1) is 16.2. The van der Waals surface area contributed by atoms with Gasteiger partial charge in [-0.25, -0.2) is 8.42 Å². The lowest BCUT2D eigenvalue weighted by Crippen LogP contribution is -2.51. The third-order valence-electron chi connectivity index (χ3n) is 4.86. The molecule has 0 spiro atoms. The number of sulfone groups is 1. The first-order valence-electron chi connectivity index (χ1n) is 8.04. The summed E-state index contributed by atoms with van der Waals surface area (Å²) < 4.78 is 31.5. The zero-order valence-corrected chi connectivity index (χ0v) is 13.8. The van der Waals surface area contributed by atoms with Gasteiger partial charge in [0.15, 0.2) is 9.84 Å². The van der Waals surface area contributed by atoms with E-state index < -0.39 is 9.84 Å². The highest BCUT2D eigenvalue weighted by Crippen LogP contribution is 2.34. The van der Waals surface area contributed by atoms with Crippen LogP contribution in [0.25, 0.3) is 0 Å². The van der Waals surface area contributed by atoms with Gasteiger partial charge in [0.05, 0.1) is 16.6 Å². The molecule has 1 N–H and O–H groups in total. The van der Waals surface area contributed by atoms with Crippen molar-refractivity contribution < 1.29 is 13.2 Å². The summed E-state index contributed by atoms with van der Waals surface area (Å²) in [6, 6.07) is 0.129. The third-order valence-corrected chi connectivity index (χ3v) is 7.69. The average Bonchev–Trinajstić information content (AvgIpc) is 2.84. The van der Waals surface area contributed by atoms with Crippen molar-refractivity contribution >= 4 is 9.84 Å². The molecule has 2 fully saturated rings. The Balaban J connectivity index is 2.16. The highest BCUT2D eigenvalue weighted by molar-refractivity contribution is 7.92. The average molecular weight is 303 g/mol. The number of hydrogen-bond acceptors (Lipinski definition) is 4. The van der Waals surface area contributed by atoms with E-state index in [2.05, 4.69) is 19.2 Å². The highest BCUT2D eigenvalue weighted by Gasteiger charge is 2.45. The molecule has 5 unspecified atom stereocenters. The second kappa shape index (κ2) is 6.75. The molecule has 1 aliphatic carbocycles. The maximum atomic E-state index is 13.0. The van der Waals surface area contributed by atoms with Crippen molar-refractivity contribution in [1.82, 2.24) is 5.32 Å². The second-order valence-electron chi connectivity index (χ2n) is 6.51. The Labute approximate surface area is 123 Å². The van der Waals surface area contributed by atoms with Crippen molar-refractivity contribution in [2.45, 2.75) is 75.5 Å². The zero-order valence-electron chi connectivity index (χ0n) is 13.0. The molecule has 0 amide bonds. The lowest BCUT2D eigenvalue weighted by atomic mass is 9.87. The molecule has 4 nitrogen and oxygen atoms in total. The Morgan fingerprint density at radius 2 is 1.90 bits per heavy atom. The van der Waals surface area contributed by atoms with Crippen LogP contribution >= 0.6 is 0 Å². The molecule has 0 radical (unpaired) electrons. The van der Waals surface area contributed by atoms with E-state index in [0.717, 1.165) is 32.2 Å². The van der Waals surface area contributed by atoms with E-state index in [4.69, 9.17) is 4.74 Å². The molecule has 2 rings (SSSR count). The van der Waals surface area contributed by atoms with E-state index in [-0.39, 0.29) is 22.6 Å². The first-order valence-corrected chi connectivity index (χ1v) is 9.65. The van der Waals surface area contributed by atoms with Crippen LogP contribution in [-0.2, 0) is 14.6 Å². The van der Waals surface area contributed by atoms with Gasteiger partial charge in [0.1, 0.15) is 0 Å². The summed E-state index contributed by atoms with van der Waals surface area (Å²) in [7, 11) is -3.11. The van der Waals surface area contributed by atoms with Crippen molar-refractivity contribution in [1.29, 1.82) is 0 Å². The van der Waals surface area contributed by atoms with Gasteiger partial charge in [-0.3, -0.25) is 0 Å². The van der Waals surface area contributed by atoms with E-state index in [0.29, 0.717) is 18.9 Å². The summed E-state index contributed by atoms with van der Waals surface area (Å²) >= 11 is 0. The Morgan fingerprint density at radius 3 is 2.50 bits per heavy atom. The fraction of sp³-hybridized carbons (Fsp3) is 1.00. The Hall–Kier alpha value is -0.130. The number of ether oxygens (including phenoxy) is 1. The van der Waals surface area contributed by atoms with Gasteiger partial charge < -0.3 is 10.1 Å². The fourth-order valence-electron chi connectivity index (χ4n) is 3.62. The van der Waals surface area contributed by atoms with Crippen LogP contribution in [0.2, 0.25) is 0 Å². The molecular formula is C15H29NO3S. The van der Waals surface area contributed by atoms with Crippen LogP contribution < -0.4 is 5.32 Å². The molecule has 118 valence electrons. The van der Waals surface area contributed by atoms with Crippen LogP contribution in [0.4, 0.5) is 0 Å². The maximum Gasteiger partial charge on any atom is 0.160 e. The summed E-state index contributed by atoms with van der Waals surface area (Å²) in [5.74, 6) is 0.507. The van der Waals surface area contributed by atoms with E-state index in [1.807, 2.05) is 6.92 Å². The Bertz CT molecular complexity index is 407. The molecule has 0 bridgehead atoms. The predicted octanol–water partition coefficient (Wildman–Crippen LogP) is 2.14. The van der Waals surface area contributed by atoms with Gasteiger partial charge in [-0.1, -0.05) is 13.8 Å². The molecule has 1 heterocycles. The van der Waals surface area contributed by atoms with Crippen molar-refractivity contribution in [3.63, 3.8) is 0 Å². The quantitative estimate of drug-likeness (QED) is 0.845. The van der Waals surface area contributed by atoms with Gasteiger partial charge in [0.25, 0.3) is 0 Å². The summed E-state index contributed by atoms with van der Waals surface area (Å²) in [4.78, 5) is 0. The standard InChI is InChI=1S/C15H29NO3S/c1-4-8-16-13-6-5-11(2)10-15(13)20(17,18)14-7-9-19-12(14)3/h11-16H,4-10H2,1-3H3. The molecule has 0 aromatic carbocycles. The summed E-state index contributed by atoms with van der Waals surface area (Å²) in [5, 5.41) is 2.93. The molecule has 1 aliphatic heterocycles. The monoisotopic (exact) mass is 303 g/mol. The largest absolute Gasteiger partial charge is 0.377 e. The van der Waals surface area contributed by atoms with E-state index in [1.165, 1.54) is 0 Å². The van der Waals surface area contributed by atoms with Crippen LogP contribution in [0, 0.1) is 5.92 Å². The van der Waals surface area contributed by atoms with Crippen molar-refractivity contribution in [2.75, 3.05) is 13.2 Å². The molecule has 0 aromatic heterocycles. The highest BCUT2D eigenvalue weighted by atomic mass is 32.2. The van der Waals surface area contributed by atoms with Crippen LogP contribution in [0.1, 0.15) is 52.9 Å². The first-order chi connectivity index (χ1) is 9.46. The van der Waals surface area contributed by atoms with Crippen LogP contribution in [0.15, 0.2) is 0 Å². The molecule has 0 aromatic rings. The SMILES string of the molecule is CCCNC1CCC(C)CC1S(=O)(=O)C1CCOC1C. The topological polar surface area (TPSA) is 55.4 Å². The summed E-state index contributed by atoms with van der Waals surface area (Å²) in [6.07, 6.45) is 4.46. The number of hydrogen-bond donors (Lipinski definition) is 1. The van der Waals surface area contributed by atoms with Crippen molar-refractivity contribution in [2.24, 2.45) is 5.92 Å². The van der Waals surface area contributed by atoms with Crippen molar-refractivity contribution in [3.8, 4) is 0 Å². The van der Waals surface area contributed by atoms with Gasteiger partial charge in [-0.2, -0.15) is 0 Å². The normalized spacial score (nSPS) is 39.0. The van der Waals surface area contributed by atoms with Crippen LogP contribution in [0.3, 0.4) is 0 Å². The summed E-state index contributed by atoms with van der Waals surface area (Å²) in [5.41, 5.74) is 0. The van der Waals surface area contributed by atoms with Gasteiger partial charge in [-0.05, 0) is 51.5 Å². The molecule has 1 saturated carbocycles. The van der Waals surface area contributed by atoms with Gasteiger partial charge in [0.2, 0.25) is 0 Å². The summed E-state index contributed by atoms with van der Waals surface area (Å²) in [6.45, 7) is 7.68. The molecule has 1 saturated heterocycles. The number of nitrogens with one attached hydrogen (secondary N) is 1. The van der Waals surface area contributed by atoms with Gasteiger partial charge in [0, 0.05) is 12.6 Å². The predicted molar refractivity (Wildman–Crippen MR) is 81.6 cm³/mol. The number of rotatable bonds is 5. The Kier molecular flexibility index (Phi) is 5.49. The molecule has 5 heteroatoms. The maximum absolute atomic E-state index is 13.0. The van der Waals surface area contributed by atoms with E-state index in [9.17, 15) is 8.42 Å². The van der Waals surface area contributed by atoms with Crippen LogP contribution in [0.5, 0.6) is 0 Å².